The van der Waals surface area contributed by atoms with Crippen LogP contribution in [0.1, 0.15) is 26.5 Å². The van der Waals surface area contributed by atoms with E-state index in [1.165, 1.54) is 12.3 Å². The largest absolute Gasteiger partial charge is 0.444 e. The molecule has 3 rings (SSSR count). The summed E-state index contributed by atoms with van der Waals surface area (Å²) in [6, 6.07) is 16.4. The van der Waals surface area contributed by atoms with Gasteiger partial charge in [0, 0.05) is 0 Å². The molecule has 0 spiro atoms. The lowest BCUT2D eigenvalue weighted by Crippen LogP contribution is -2.16. The number of benzene rings is 2. The maximum atomic E-state index is 12.1. The molecule has 1 aromatic heterocycles. The van der Waals surface area contributed by atoms with E-state index in [0.717, 1.165) is 0 Å². The smallest absolute Gasteiger partial charge is 0.345 e. The van der Waals surface area contributed by atoms with Crippen LogP contribution < -0.4 is 10.2 Å². The van der Waals surface area contributed by atoms with E-state index in [2.05, 4.69) is 26.5 Å². The lowest BCUT2D eigenvalue weighted by molar-refractivity contribution is 0.0734. The number of rotatable bonds is 5. The van der Waals surface area contributed by atoms with Crippen molar-refractivity contribution < 1.29 is 18.7 Å². The molecule has 0 aliphatic heterocycles. The standard InChI is InChI=1S/C19H12BrClN2O4/c20-17-10-9-16(27-17)18(24)23-22-11-12-5-7-13(8-6-12)26-19(25)14-3-1-2-4-15(14)21/h1-11H,(H,23,24)/b22-11-. The van der Waals surface area contributed by atoms with Crippen LogP contribution in [0.15, 0.2) is 74.9 Å². The van der Waals surface area contributed by atoms with Gasteiger partial charge in [-0.15, -0.1) is 0 Å². The molecule has 2 aromatic carbocycles. The van der Waals surface area contributed by atoms with Gasteiger partial charge in [-0.05, 0) is 70.0 Å². The van der Waals surface area contributed by atoms with Gasteiger partial charge in [0.1, 0.15) is 5.75 Å². The van der Waals surface area contributed by atoms with Crippen LogP contribution in [0.3, 0.4) is 0 Å². The van der Waals surface area contributed by atoms with Gasteiger partial charge in [-0.3, -0.25) is 4.79 Å². The minimum atomic E-state index is -0.543. The summed E-state index contributed by atoms with van der Waals surface area (Å²) >= 11 is 9.10. The Morgan fingerprint density at radius 2 is 1.81 bits per heavy atom. The van der Waals surface area contributed by atoms with E-state index in [-0.39, 0.29) is 11.3 Å². The number of hydrazone groups is 1. The molecule has 0 aliphatic carbocycles. The fourth-order valence-corrected chi connectivity index (χ4v) is 2.59. The number of amides is 1. The molecule has 3 aromatic rings. The molecule has 0 bridgehead atoms. The Labute approximate surface area is 167 Å². The molecule has 0 saturated carbocycles. The summed E-state index contributed by atoms with van der Waals surface area (Å²) in [4.78, 5) is 23.9. The van der Waals surface area contributed by atoms with Crippen molar-refractivity contribution in [2.75, 3.05) is 0 Å². The van der Waals surface area contributed by atoms with Gasteiger partial charge in [-0.1, -0.05) is 23.7 Å². The Balaban J connectivity index is 1.58. The highest BCUT2D eigenvalue weighted by Crippen LogP contribution is 2.19. The number of hydrogen-bond donors (Lipinski definition) is 1. The maximum absolute atomic E-state index is 12.1. The van der Waals surface area contributed by atoms with E-state index in [9.17, 15) is 9.59 Å². The third-order valence-corrected chi connectivity index (χ3v) is 4.12. The van der Waals surface area contributed by atoms with Crippen LogP contribution in [0.5, 0.6) is 5.75 Å². The van der Waals surface area contributed by atoms with E-state index in [1.807, 2.05) is 0 Å². The van der Waals surface area contributed by atoms with Crippen LogP contribution in [0.25, 0.3) is 0 Å². The van der Waals surface area contributed by atoms with Gasteiger partial charge in [-0.2, -0.15) is 5.10 Å². The van der Waals surface area contributed by atoms with Crippen molar-refractivity contribution in [2.45, 2.75) is 0 Å². The zero-order valence-electron chi connectivity index (χ0n) is 13.7. The SMILES string of the molecule is O=C(N/N=C\c1ccc(OC(=O)c2ccccc2Cl)cc1)c1ccc(Br)o1. The van der Waals surface area contributed by atoms with Gasteiger partial charge in [-0.25, -0.2) is 10.2 Å². The van der Waals surface area contributed by atoms with Crippen LogP contribution in [-0.2, 0) is 0 Å². The van der Waals surface area contributed by atoms with Crippen LogP contribution >= 0.6 is 27.5 Å². The molecular weight excluding hydrogens is 436 g/mol. The molecule has 0 fully saturated rings. The summed E-state index contributed by atoms with van der Waals surface area (Å²) in [5.74, 6) is -0.511. The lowest BCUT2D eigenvalue weighted by atomic mass is 10.2. The van der Waals surface area contributed by atoms with Gasteiger partial charge >= 0.3 is 11.9 Å². The molecular formula is C19H12BrClN2O4. The van der Waals surface area contributed by atoms with Crippen LogP contribution in [-0.4, -0.2) is 18.1 Å². The van der Waals surface area contributed by atoms with Crippen molar-refractivity contribution in [3.8, 4) is 5.75 Å². The predicted molar refractivity (Wildman–Crippen MR) is 104 cm³/mol. The van der Waals surface area contributed by atoms with Crippen molar-refractivity contribution >= 4 is 45.6 Å². The second-order valence-electron chi connectivity index (χ2n) is 5.24. The van der Waals surface area contributed by atoms with Crippen LogP contribution in [0.4, 0.5) is 0 Å². The first kappa shape index (κ1) is 18.9. The second-order valence-corrected chi connectivity index (χ2v) is 6.43. The van der Waals surface area contributed by atoms with E-state index in [1.54, 1.807) is 54.6 Å². The molecule has 0 atom stereocenters. The Morgan fingerprint density at radius 3 is 2.48 bits per heavy atom. The van der Waals surface area contributed by atoms with E-state index < -0.39 is 11.9 Å². The Kier molecular flexibility index (Phi) is 6.05. The number of furan rings is 1. The highest BCUT2D eigenvalue weighted by molar-refractivity contribution is 9.10. The number of carbonyl (C=O) groups excluding carboxylic acids is 2. The zero-order chi connectivity index (χ0) is 19.2. The Morgan fingerprint density at radius 1 is 1.07 bits per heavy atom. The van der Waals surface area contributed by atoms with Crippen molar-refractivity contribution in [2.24, 2.45) is 5.10 Å². The maximum Gasteiger partial charge on any atom is 0.345 e. The van der Waals surface area contributed by atoms with E-state index in [0.29, 0.717) is 21.0 Å². The zero-order valence-corrected chi connectivity index (χ0v) is 16.0. The highest BCUT2D eigenvalue weighted by Gasteiger charge is 2.12. The van der Waals surface area contributed by atoms with Crippen molar-refractivity contribution in [3.05, 3.63) is 87.2 Å². The first-order chi connectivity index (χ1) is 13.0. The first-order valence-corrected chi connectivity index (χ1v) is 8.85. The van der Waals surface area contributed by atoms with Crippen LogP contribution in [0.2, 0.25) is 5.02 Å². The summed E-state index contributed by atoms with van der Waals surface area (Å²) in [5, 5.41) is 4.18. The van der Waals surface area contributed by atoms with Crippen molar-refractivity contribution in [3.63, 3.8) is 0 Å². The number of hydrogen-bond acceptors (Lipinski definition) is 5. The average molecular weight is 448 g/mol. The molecule has 0 unspecified atom stereocenters. The number of nitrogens with one attached hydrogen (secondary N) is 1. The van der Waals surface area contributed by atoms with Gasteiger partial charge in [0.15, 0.2) is 10.4 Å². The molecule has 0 aliphatic rings. The van der Waals surface area contributed by atoms with Gasteiger partial charge < -0.3 is 9.15 Å². The molecule has 1 N–H and O–H groups in total. The summed E-state index contributed by atoms with van der Waals surface area (Å²) < 4.78 is 10.9. The Bertz CT molecular complexity index is 999. The molecule has 136 valence electrons. The topological polar surface area (TPSA) is 80.9 Å². The monoisotopic (exact) mass is 446 g/mol. The third kappa shape index (κ3) is 5.06. The summed E-state index contributed by atoms with van der Waals surface area (Å²) in [6.45, 7) is 0. The normalized spacial score (nSPS) is 10.7. The van der Waals surface area contributed by atoms with Gasteiger partial charge in [0.05, 0.1) is 16.8 Å². The van der Waals surface area contributed by atoms with Gasteiger partial charge in [0.2, 0.25) is 0 Å². The summed E-state index contributed by atoms with van der Waals surface area (Å²) in [5.41, 5.74) is 3.34. The number of ether oxygens (including phenoxy) is 1. The summed E-state index contributed by atoms with van der Waals surface area (Å²) in [6.07, 6.45) is 1.45. The first-order valence-electron chi connectivity index (χ1n) is 7.68. The van der Waals surface area contributed by atoms with Gasteiger partial charge in [0.25, 0.3) is 0 Å². The third-order valence-electron chi connectivity index (χ3n) is 3.36. The minimum absolute atomic E-state index is 0.140. The van der Waals surface area contributed by atoms with E-state index in [4.69, 9.17) is 20.8 Å². The van der Waals surface area contributed by atoms with E-state index >= 15 is 0 Å². The minimum Gasteiger partial charge on any atom is -0.444 e. The Hall–Kier alpha value is -2.90. The number of esters is 1. The molecule has 0 saturated heterocycles. The molecule has 0 radical (unpaired) electrons. The number of nitrogens with zero attached hydrogens (tertiary/aromatic N) is 1. The second kappa shape index (κ2) is 8.66. The molecule has 27 heavy (non-hydrogen) atoms. The fraction of sp³-hybridized carbons (Fsp3) is 0. The van der Waals surface area contributed by atoms with Crippen molar-refractivity contribution in [1.82, 2.24) is 5.43 Å². The number of halogens is 2. The van der Waals surface area contributed by atoms with Crippen molar-refractivity contribution in [1.29, 1.82) is 0 Å². The predicted octanol–water partition coefficient (Wildman–Crippen LogP) is 4.68. The fourth-order valence-electron chi connectivity index (χ4n) is 2.07. The average Bonchev–Trinajstić information content (AvgIpc) is 3.10. The van der Waals surface area contributed by atoms with Crippen LogP contribution in [0, 0.1) is 0 Å². The quantitative estimate of drug-likeness (QED) is 0.266. The molecule has 8 heteroatoms. The lowest BCUT2D eigenvalue weighted by Gasteiger charge is -2.05. The summed E-state index contributed by atoms with van der Waals surface area (Å²) in [7, 11) is 0. The highest BCUT2D eigenvalue weighted by atomic mass is 79.9. The molecule has 1 heterocycles. The molecule has 6 nitrogen and oxygen atoms in total. The molecule has 1 amide bonds. The number of carbonyl (C=O) groups is 2.